The maximum absolute atomic E-state index is 2.82. The molecule has 0 amide bonds. The minimum atomic E-state index is -0.236. The molecule has 3 unspecified atom stereocenters. The largest absolute Gasteiger partial charge is 0.334 e. The molecule has 0 N–H and O–H groups in total. The fourth-order valence-corrected chi connectivity index (χ4v) is 17.5. The van der Waals surface area contributed by atoms with E-state index >= 15 is 0 Å². The quantitative estimate of drug-likeness (QED) is 0.141. The smallest absolute Gasteiger partial charge is 0.252 e. The second-order valence-electron chi connectivity index (χ2n) is 36.5. The second-order valence-corrected chi connectivity index (χ2v) is 36.5. The van der Waals surface area contributed by atoms with Crippen molar-refractivity contribution in [3.05, 3.63) is 231 Å². The molecule has 0 saturated carbocycles. The Labute approximate surface area is 566 Å². The lowest BCUT2D eigenvalue weighted by Gasteiger charge is -2.45. The van der Waals surface area contributed by atoms with E-state index in [0.29, 0.717) is 0 Å². The van der Waals surface area contributed by atoms with Gasteiger partial charge in [-0.25, -0.2) is 0 Å². The SMILES string of the molecule is Cc1cc2c(cc1N1c3cc(N(c4ccc(C(C)(C)C)cc4)C4C=CC(C(C)(C)C)=CC4)ccc3B3c4c1cc(C(Cc1ccc(C(C)(C)C)cc1)C1C=CC(C(C)(C)C)=CC1)cc4-n1c4c(c5cc(C(C)(C)C)cc3c51)C(C)(C)c1ccccc1-4)C(C)(C)CCC2(C)C. The molecule has 94 heavy (non-hydrogen) atoms. The van der Waals surface area contributed by atoms with Crippen molar-refractivity contribution in [3.63, 3.8) is 0 Å². The zero-order valence-electron chi connectivity index (χ0n) is 61.3. The van der Waals surface area contributed by atoms with Crippen LogP contribution in [-0.4, -0.2) is 17.3 Å². The molecular formula is C90H106BN3. The predicted octanol–water partition coefficient (Wildman–Crippen LogP) is 22.4. The molecule has 0 saturated heterocycles. The van der Waals surface area contributed by atoms with Crippen LogP contribution in [-0.2, 0) is 38.9 Å². The number of aryl methyl sites for hydroxylation is 1. The van der Waals surface area contributed by atoms with Crippen LogP contribution in [0.3, 0.4) is 0 Å². The number of rotatable bonds is 8. The molecule has 4 heteroatoms. The normalized spacial score (nSPS) is 19.5. The Kier molecular flexibility index (Phi) is 14.7. The van der Waals surface area contributed by atoms with Crippen LogP contribution in [0, 0.1) is 23.7 Å². The highest BCUT2D eigenvalue weighted by molar-refractivity contribution is 7.00. The van der Waals surface area contributed by atoms with Crippen LogP contribution < -0.4 is 26.2 Å². The molecule has 14 rings (SSSR count). The van der Waals surface area contributed by atoms with Gasteiger partial charge in [0.05, 0.1) is 11.7 Å². The van der Waals surface area contributed by atoms with Crippen molar-refractivity contribution < 1.29 is 0 Å². The summed E-state index contributed by atoms with van der Waals surface area (Å²) in [7, 11) is 0. The van der Waals surface area contributed by atoms with E-state index in [1.165, 1.54) is 146 Å². The topological polar surface area (TPSA) is 11.4 Å². The van der Waals surface area contributed by atoms with Crippen molar-refractivity contribution in [3.8, 4) is 16.9 Å². The van der Waals surface area contributed by atoms with Gasteiger partial charge in [-0.15, -0.1) is 0 Å². The van der Waals surface area contributed by atoms with Crippen molar-refractivity contribution in [1.29, 1.82) is 0 Å². The molecular weight excluding hydrogens is 1130 g/mol. The van der Waals surface area contributed by atoms with Crippen LogP contribution in [0.15, 0.2) is 175 Å². The van der Waals surface area contributed by atoms with Gasteiger partial charge in [0.1, 0.15) is 0 Å². The molecule has 8 aromatic rings. The van der Waals surface area contributed by atoms with Crippen LogP contribution in [0.1, 0.15) is 233 Å². The molecule has 3 nitrogen and oxygen atoms in total. The van der Waals surface area contributed by atoms with Crippen molar-refractivity contribution in [1.82, 2.24) is 4.57 Å². The van der Waals surface area contributed by atoms with Crippen LogP contribution in [0.4, 0.5) is 28.4 Å². The first-order valence-electron chi connectivity index (χ1n) is 35.8. The lowest BCUT2D eigenvalue weighted by Crippen LogP contribution is -2.60. The van der Waals surface area contributed by atoms with E-state index in [1.807, 2.05) is 0 Å². The summed E-state index contributed by atoms with van der Waals surface area (Å²) < 4.78 is 2.82. The second kappa shape index (κ2) is 21.6. The first-order chi connectivity index (χ1) is 43.9. The van der Waals surface area contributed by atoms with Gasteiger partial charge in [-0.2, -0.15) is 0 Å². The number of hydrogen-bond donors (Lipinski definition) is 0. The average Bonchev–Trinajstić information content (AvgIpc) is 1.39. The molecule has 0 bridgehead atoms. The predicted molar refractivity (Wildman–Crippen MR) is 408 cm³/mol. The fraction of sp³-hybridized carbons (Fsp3) is 0.422. The van der Waals surface area contributed by atoms with E-state index in [-0.39, 0.29) is 67.9 Å². The van der Waals surface area contributed by atoms with E-state index < -0.39 is 0 Å². The van der Waals surface area contributed by atoms with Crippen molar-refractivity contribution in [2.75, 3.05) is 9.80 Å². The summed E-state index contributed by atoms with van der Waals surface area (Å²) in [5.41, 5.74) is 32.7. The number of benzene rings is 7. The number of aromatic nitrogens is 1. The Balaban J connectivity index is 1.12. The first kappa shape index (κ1) is 64.1. The van der Waals surface area contributed by atoms with E-state index in [2.05, 4.69) is 331 Å². The summed E-state index contributed by atoms with van der Waals surface area (Å²) in [6, 6.07) is 52.6. The molecule has 3 heterocycles. The maximum atomic E-state index is 2.82. The summed E-state index contributed by atoms with van der Waals surface area (Å²) >= 11 is 0. The maximum Gasteiger partial charge on any atom is 0.252 e. The van der Waals surface area contributed by atoms with Crippen LogP contribution in [0.2, 0.25) is 0 Å². The third-order valence-electron chi connectivity index (χ3n) is 23.4. The Morgan fingerprint density at radius 2 is 1.10 bits per heavy atom. The standard InChI is InChI=1S/C90H106BN3/c1-55-47-71-72(89(19,20)46-45-88(71,17)18)54-75(55)93-76-53-66(92(64-39-35-61(36-40-64)85(8,9)10)65-41-37-62(38-42-65)86(11,12)13)43-44-73(76)91-74-52-63(87(14,15)16)51-69-79-82(67-25-23-24-26-70(67)90(79,21)22)94(81(69)74)78-50-58(49-77(93)80(78)91)68(57-29-33-60(34-30-57)84(5,6)7)48-56-27-31-59(32-28-56)83(2,3)4/h23-29,31-41,43-44,47,49-54,57,65,68H,30,42,45-46,48H2,1-22H3. The molecule has 484 valence electrons. The molecule has 6 aliphatic rings. The lowest BCUT2D eigenvalue weighted by atomic mass is 9.33. The molecule has 1 aromatic heterocycles. The first-order valence-corrected chi connectivity index (χ1v) is 35.8. The van der Waals surface area contributed by atoms with E-state index in [4.69, 9.17) is 0 Å². The van der Waals surface area contributed by atoms with Gasteiger partial charge >= 0.3 is 0 Å². The van der Waals surface area contributed by atoms with Crippen LogP contribution in [0.5, 0.6) is 0 Å². The fourth-order valence-electron chi connectivity index (χ4n) is 17.5. The van der Waals surface area contributed by atoms with Gasteiger partial charge in [-0.3, -0.25) is 0 Å². The zero-order chi connectivity index (χ0) is 67.1. The van der Waals surface area contributed by atoms with E-state index in [9.17, 15) is 0 Å². The van der Waals surface area contributed by atoms with Gasteiger partial charge in [-0.05, 0) is 220 Å². The van der Waals surface area contributed by atoms with Gasteiger partial charge < -0.3 is 14.4 Å². The van der Waals surface area contributed by atoms with Crippen molar-refractivity contribution >= 4 is 62.4 Å². The van der Waals surface area contributed by atoms with Gasteiger partial charge in [0.15, 0.2) is 0 Å². The van der Waals surface area contributed by atoms with Gasteiger partial charge in [0, 0.05) is 56.0 Å². The molecule has 7 aromatic carbocycles. The van der Waals surface area contributed by atoms with Crippen LogP contribution in [0.25, 0.3) is 27.8 Å². The molecule has 4 aliphatic carbocycles. The Morgan fingerprint density at radius 1 is 0.521 bits per heavy atom. The van der Waals surface area contributed by atoms with E-state index in [0.717, 1.165) is 25.7 Å². The molecule has 0 fully saturated rings. The summed E-state index contributed by atoms with van der Waals surface area (Å²) in [6.07, 6.45) is 20.3. The summed E-state index contributed by atoms with van der Waals surface area (Å²) in [6.45, 7) is 52.8. The third-order valence-corrected chi connectivity index (χ3v) is 23.4. The minimum Gasteiger partial charge on any atom is -0.334 e. The number of hydrogen-bond acceptors (Lipinski definition) is 2. The molecule has 2 aliphatic heterocycles. The van der Waals surface area contributed by atoms with E-state index in [1.54, 1.807) is 0 Å². The molecule has 0 spiro atoms. The number of anilines is 5. The minimum absolute atomic E-state index is 0.0134. The van der Waals surface area contributed by atoms with Gasteiger partial charge in [-0.1, -0.05) is 261 Å². The van der Waals surface area contributed by atoms with Gasteiger partial charge in [0.25, 0.3) is 6.71 Å². The Hall–Kier alpha value is -7.30. The summed E-state index contributed by atoms with van der Waals surface area (Å²) in [4.78, 5) is 5.49. The highest BCUT2D eigenvalue weighted by atomic mass is 15.2. The van der Waals surface area contributed by atoms with Crippen molar-refractivity contribution in [2.24, 2.45) is 16.7 Å². The average molecular weight is 1240 g/mol. The summed E-state index contributed by atoms with van der Waals surface area (Å²) in [5, 5.41) is 1.40. The summed E-state index contributed by atoms with van der Waals surface area (Å²) in [5.74, 6) is 0.436. The monoisotopic (exact) mass is 1240 g/mol. The van der Waals surface area contributed by atoms with Crippen LogP contribution >= 0.6 is 0 Å². The number of nitrogens with zero attached hydrogens (tertiary/aromatic N) is 3. The third kappa shape index (κ3) is 10.5. The molecule has 3 atom stereocenters. The Morgan fingerprint density at radius 3 is 1.68 bits per heavy atom. The highest BCUT2D eigenvalue weighted by Gasteiger charge is 2.49. The Bertz CT molecular complexity index is 4520. The highest BCUT2D eigenvalue weighted by Crippen LogP contribution is 2.57. The lowest BCUT2D eigenvalue weighted by molar-refractivity contribution is 0.332. The zero-order valence-corrected chi connectivity index (χ0v) is 61.3. The van der Waals surface area contributed by atoms with Gasteiger partial charge in [0.2, 0.25) is 0 Å². The molecule has 0 radical (unpaired) electrons. The number of fused-ring (bicyclic) bond motifs is 10. The van der Waals surface area contributed by atoms with Crippen molar-refractivity contribution in [2.45, 2.75) is 229 Å². The number of allylic oxidation sites excluding steroid dienone is 6.